The molecule has 24 heavy (non-hydrogen) atoms. The van der Waals surface area contributed by atoms with Gasteiger partial charge in [0.05, 0.1) is 23.5 Å². The lowest BCUT2D eigenvalue weighted by molar-refractivity contribution is -0.117. The quantitative estimate of drug-likeness (QED) is 0.833. The van der Waals surface area contributed by atoms with Crippen molar-refractivity contribution in [2.75, 3.05) is 18.9 Å². The van der Waals surface area contributed by atoms with Crippen LogP contribution in [0.1, 0.15) is 27.3 Å². The zero-order valence-corrected chi connectivity index (χ0v) is 14.5. The minimum Gasteiger partial charge on any atom is -0.366 e. The minimum atomic E-state index is -0.569. The van der Waals surface area contributed by atoms with Crippen molar-refractivity contribution >= 4 is 17.5 Å². The topological polar surface area (TPSA) is 93.2 Å². The fourth-order valence-corrected chi connectivity index (χ4v) is 2.61. The molecule has 0 aliphatic rings. The number of nitrogens with zero attached hydrogens (tertiary/aromatic N) is 3. The summed E-state index contributed by atoms with van der Waals surface area (Å²) >= 11 is 0. The van der Waals surface area contributed by atoms with Crippen LogP contribution < -0.4 is 11.1 Å². The summed E-state index contributed by atoms with van der Waals surface area (Å²) in [6.45, 7) is 4.78. The van der Waals surface area contributed by atoms with Gasteiger partial charge in [0.15, 0.2) is 0 Å². The fraction of sp³-hybridized carbons (Fsp3) is 0.353. The van der Waals surface area contributed by atoms with Gasteiger partial charge in [-0.05, 0) is 33.0 Å². The Morgan fingerprint density at radius 1 is 1.29 bits per heavy atom. The molecule has 0 saturated heterocycles. The molecule has 0 fully saturated rings. The maximum atomic E-state index is 12.2. The van der Waals surface area contributed by atoms with Gasteiger partial charge >= 0.3 is 0 Å². The molecule has 0 aliphatic heterocycles. The van der Waals surface area contributed by atoms with Crippen molar-refractivity contribution in [3.63, 3.8) is 0 Å². The first-order valence-corrected chi connectivity index (χ1v) is 7.66. The number of carbonyl (C=O) groups is 2. The SMILES string of the molecule is Cc1nn(C)c(C)c1CN(C)CC(=O)Nc1ccccc1C(N)=O. The number of primary amides is 1. The number of hydrogen-bond acceptors (Lipinski definition) is 4. The molecular formula is C17H23N5O2. The molecule has 1 aromatic carbocycles. The van der Waals surface area contributed by atoms with Crippen molar-refractivity contribution in [3.05, 3.63) is 46.8 Å². The number of benzene rings is 1. The maximum Gasteiger partial charge on any atom is 0.250 e. The molecule has 2 rings (SSSR count). The molecule has 0 aliphatic carbocycles. The van der Waals surface area contributed by atoms with Crippen LogP contribution >= 0.6 is 0 Å². The van der Waals surface area contributed by atoms with Gasteiger partial charge in [0.2, 0.25) is 5.91 Å². The lowest BCUT2D eigenvalue weighted by Crippen LogP contribution is -2.30. The van der Waals surface area contributed by atoms with Gasteiger partial charge in [-0.1, -0.05) is 12.1 Å². The predicted octanol–water partition coefficient (Wildman–Crippen LogP) is 1.21. The van der Waals surface area contributed by atoms with Gasteiger partial charge in [-0.25, -0.2) is 0 Å². The van der Waals surface area contributed by atoms with E-state index >= 15 is 0 Å². The summed E-state index contributed by atoms with van der Waals surface area (Å²) in [4.78, 5) is 25.5. The Balaban J connectivity index is 2.01. The number of nitrogens with two attached hydrogens (primary N) is 1. The van der Waals surface area contributed by atoms with Gasteiger partial charge < -0.3 is 11.1 Å². The summed E-state index contributed by atoms with van der Waals surface area (Å²) in [5.74, 6) is -0.772. The van der Waals surface area contributed by atoms with E-state index < -0.39 is 5.91 Å². The molecule has 7 nitrogen and oxygen atoms in total. The van der Waals surface area contributed by atoms with Crippen molar-refractivity contribution in [1.82, 2.24) is 14.7 Å². The summed E-state index contributed by atoms with van der Waals surface area (Å²) in [5, 5.41) is 7.12. The number of likely N-dealkylation sites (N-methyl/N-ethyl adjacent to an activating group) is 1. The molecule has 0 atom stereocenters. The summed E-state index contributed by atoms with van der Waals surface area (Å²) in [5.41, 5.74) is 9.20. The fourth-order valence-electron chi connectivity index (χ4n) is 2.61. The standard InChI is InChI=1S/C17H23N5O2/c1-11-14(12(2)22(4)20-11)9-21(3)10-16(23)19-15-8-6-5-7-13(15)17(18)24/h5-8H,9-10H2,1-4H3,(H2,18,24)(H,19,23). The highest BCUT2D eigenvalue weighted by atomic mass is 16.2. The number of rotatable bonds is 6. The molecule has 2 aromatic rings. The van der Waals surface area contributed by atoms with Crippen LogP contribution in [-0.2, 0) is 18.4 Å². The van der Waals surface area contributed by atoms with Crippen LogP contribution in [0.15, 0.2) is 24.3 Å². The average Bonchev–Trinajstić information content (AvgIpc) is 2.73. The van der Waals surface area contributed by atoms with E-state index in [0.717, 1.165) is 17.0 Å². The third-order valence-corrected chi connectivity index (χ3v) is 3.97. The van der Waals surface area contributed by atoms with Crippen molar-refractivity contribution in [2.45, 2.75) is 20.4 Å². The van der Waals surface area contributed by atoms with Crippen LogP contribution in [0.3, 0.4) is 0 Å². The van der Waals surface area contributed by atoms with E-state index in [-0.39, 0.29) is 12.5 Å². The van der Waals surface area contributed by atoms with Gasteiger partial charge in [-0.3, -0.25) is 19.2 Å². The highest BCUT2D eigenvalue weighted by Gasteiger charge is 2.15. The van der Waals surface area contributed by atoms with Gasteiger partial charge in [0, 0.05) is 24.8 Å². The van der Waals surface area contributed by atoms with E-state index in [0.29, 0.717) is 17.8 Å². The number of para-hydroxylation sites is 1. The van der Waals surface area contributed by atoms with E-state index in [9.17, 15) is 9.59 Å². The predicted molar refractivity (Wildman–Crippen MR) is 92.6 cm³/mol. The lowest BCUT2D eigenvalue weighted by Gasteiger charge is -2.17. The molecule has 0 bridgehead atoms. The number of carbonyl (C=O) groups excluding carboxylic acids is 2. The Morgan fingerprint density at radius 3 is 2.54 bits per heavy atom. The number of aromatic nitrogens is 2. The second kappa shape index (κ2) is 7.27. The van der Waals surface area contributed by atoms with E-state index in [2.05, 4.69) is 10.4 Å². The van der Waals surface area contributed by atoms with Crippen LogP contribution in [0, 0.1) is 13.8 Å². The molecule has 3 N–H and O–H groups in total. The number of anilines is 1. The van der Waals surface area contributed by atoms with E-state index in [1.54, 1.807) is 24.3 Å². The first-order valence-electron chi connectivity index (χ1n) is 7.66. The molecule has 0 saturated carbocycles. The van der Waals surface area contributed by atoms with Crippen molar-refractivity contribution in [3.8, 4) is 0 Å². The van der Waals surface area contributed by atoms with Crippen LogP contribution in [0.25, 0.3) is 0 Å². The van der Waals surface area contributed by atoms with Crippen LogP contribution in [0.5, 0.6) is 0 Å². The molecule has 7 heteroatoms. The lowest BCUT2D eigenvalue weighted by atomic mass is 10.1. The van der Waals surface area contributed by atoms with Gasteiger partial charge in [0.25, 0.3) is 5.91 Å². The number of hydrogen-bond donors (Lipinski definition) is 2. The molecule has 128 valence electrons. The molecule has 0 unspecified atom stereocenters. The van der Waals surface area contributed by atoms with Gasteiger partial charge in [-0.15, -0.1) is 0 Å². The first-order chi connectivity index (χ1) is 11.3. The second-order valence-corrected chi connectivity index (χ2v) is 5.90. The van der Waals surface area contributed by atoms with Gasteiger partial charge in [0.1, 0.15) is 0 Å². The Bertz CT molecular complexity index is 766. The molecule has 2 amide bonds. The van der Waals surface area contributed by atoms with Gasteiger partial charge in [-0.2, -0.15) is 5.10 Å². The highest BCUT2D eigenvalue weighted by molar-refractivity contribution is 6.03. The Morgan fingerprint density at radius 2 is 1.96 bits per heavy atom. The molecule has 1 heterocycles. The third-order valence-electron chi connectivity index (χ3n) is 3.97. The molecule has 0 radical (unpaired) electrons. The van der Waals surface area contributed by atoms with E-state index in [1.165, 1.54) is 0 Å². The summed E-state index contributed by atoms with van der Waals surface area (Å²) in [7, 11) is 3.77. The van der Waals surface area contributed by atoms with Crippen LogP contribution in [0.4, 0.5) is 5.69 Å². The van der Waals surface area contributed by atoms with Crippen LogP contribution in [-0.4, -0.2) is 40.1 Å². The highest BCUT2D eigenvalue weighted by Crippen LogP contribution is 2.16. The Labute approximate surface area is 141 Å². The smallest absolute Gasteiger partial charge is 0.250 e. The summed E-state index contributed by atoms with van der Waals surface area (Å²) < 4.78 is 1.84. The zero-order chi connectivity index (χ0) is 17.9. The Kier molecular flexibility index (Phi) is 5.35. The average molecular weight is 329 g/mol. The van der Waals surface area contributed by atoms with Crippen molar-refractivity contribution < 1.29 is 9.59 Å². The number of aryl methyl sites for hydroxylation is 2. The van der Waals surface area contributed by atoms with E-state index in [4.69, 9.17) is 5.73 Å². The minimum absolute atomic E-state index is 0.195. The normalized spacial score (nSPS) is 10.9. The largest absolute Gasteiger partial charge is 0.366 e. The third kappa shape index (κ3) is 3.99. The molecule has 0 spiro atoms. The second-order valence-electron chi connectivity index (χ2n) is 5.90. The van der Waals surface area contributed by atoms with Crippen molar-refractivity contribution in [1.29, 1.82) is 0 Å². The first kappa shape index (κ1) is 17.7. The van der Waals surface area contributed by atoms with Crippen molar-refractivity contribution in [2.24, 2.45) is 12.8 Å². The zero-order valence-electron chi connectivity index (χ0n) is 14.5. The number of nitrogens with one attached hydrogen (secondary N) is 1. The maximum absolute atomic E-state index is 12.2. The van der Waals surface area contributed by atoms with Crippen LogP contribution in [0.2, 0.25) is 0 Å². The molecule has 1 aromatic heterocycles. The monoisotopic (exact) mass is 329 g/mol. The summed E-state index contributed by atoms with van der Waals surface area (Å²) in [6, 6.07) is 6.70. The summed E-state index contributed by atoms with van der Waals surface area (Å²) in [6.07, 6.45) is 0. The number of amides is 2. The molecular weight excluding hydrogens is 306 g/mol. The Hall–Kier alpha value is -2.67. The van der Waals surface area contributed by atoms with E-state index in [1.807, 2.05) is 37.5 Å².